The number of carbonyl (C=O) groups excluding carboxylic acids is 1. The number of nitrogens with one attached hydrogen (secondary N) is 2. The summed E-state index contributed by atoms with van der Waals surface area (Å²) >= 11 is 0. The highest BCUT2D eigenvalue weighted by Gasteiger charge is 2.10. The zero-order chi connectivity index (χ0) is 21.0. The molecule has 0 fully saturated rings. The minimum absolute atomic E-state index is 0.0526. The number of rotatable bonds is 6. The lowest BCUT2D eigenvalue weighted by Gasteiger charge is -2.14. The van der Waals surface area contributed by atoms with Crippen molar-refractivity contribution in [2.75, 3.05) is 17.2 Å². The summed E-state index contributed by atoms with van der Waals surface area (Å²) in [5.74, 6) is 1.08. The van der Waals surface area contributed by atoms with Crippen LogP contribution in [0.25, 0.3) is 0 Å². The molecule has 0 bridgehead atoms. The van der Waals surface area contributed by atoms with Gasteiger partial charge in [-0.3, -0.25) is 4.79 Å². The number of nitrogens with zero attached hydrogens (tertiary/aromatic N) is 2. The molecule has 6 nitrogen and oxygen atoms in total. The Kier molecular flexibility index (Phi) is 6.12. The SMILES string of the molecule is Cc1cc(C)nc(Nc2cccc(NC(=O)COc3c(C)ccc(C)c3C)c2)n1. The molecule has 0 unspecified atom stereocenters. The number of benzene rings is 2. The van der Waals surface area contributed by atoms with Crippen LogP contribution in [0.2, 0.25) is 0 Å². The quantitative estimate of drug-likeness (QED) is 0.633. The van der Waals surface area contributed by atoms with Gasteiger partial charge in [-0.1, -0.05) is 18.2 Å². The van der Waals surface area contributed by atoms with Crippen LogP contribution in [0.5, 0.6) is 5.75 Å². The summed E-state index contributed by atoms with van der Waals surface area (Å²) in [5, 5.41) is 6.04. The second-order valence-corrected chi connectivity index (χ2v) is 7.17. The molecule has 0 saturated carbocycles. The van der Waals surface area contributed by atoms with E-state index in [4.69, 9.17) is 4.74 Å². The molecule has 2 N–H and O–H groups in total. The first-order chi connectivity index (χ1) is 13.8. The van der Waals surface area contributed by atoms with Gasteiger partial charge in [-0.25, -0.2) is 9.97 Å². The normalized spacial score (nSPS) is 10.5. The van der Waals surface area contributed by atoms with Crippen LogP contribution in [-0.4, -0.2) is 22.5 Å². The van der Waals surface area contributed by atoms with Gasteiger partial charge >= 0.3 is 0 Å². The van der Waals surface area contributed by atoms with Gasteiger partial charge in [-0.05, 0) is 75.6 Å². The maximum atomic E-state index is 12.4. The Bertz CT molecular complexity index is 1030. The van der Waals surface area contributed by atoms with E-state index in [9.17, 15) is 4.79 Å². The van der Waals surface area contributed by atoms with E-state index in [1.807, 2.05) is 71.0 Å². The van der Waals surface area contributed by atoms with E-state index in [2.05, 4.69) is 26.7 Å². The molecule has 3 aromatic rings. The molecular formula is C23H26N4O2. The number of hydrogen-bond acceptors (Lipinski definition) is 5. The van der Waals surface area contributed by atoms with Gasteiger partial charge in [-0.2, -0.15) is 0 Å². The van der Waals surface area contributed by atoms with Crippen LogP contribution in [0.15, 0.2) is 42.5 Å². The summed E-state index contributed by atoms with van der Waals surface area (Å²) < 4.78 is 5.79. The van der Waals surface area contributed by atoms with Gasteiger partial charge in [0.05, 0.1) is 0 Å². The molecule has 0 aliphatic heterocycles. The van der Waals surface area contributed by atoms with Crippen molar-refractivity contribution >= 4 is 23.2 Å². The number of anilines is 3. The Morgan fingerprint density at radius 3 is 2.28 bits per heavy atom. The molecule has 1 amide bonds. The van der Waals surface area contributed by atoms with Gasteiger partial charge in [-0.15, -0.1) is 0 Å². The highest BCUT2D eigenvalue weighted by atomic mass is 16.5. The van der Waals surface area contributed by atoms with Crippen LogP contribution in [0.4, 0.5) is 17.3 Å². The number of amides is 1. The highest BCUT2D eigenvalue weighted by Crippen LogP contribution is 2.25. The molecule has 0 aliphatic rings. The molecule has 1 aromatic heterocycles. The van der Waals surface area contributed by atoms with Crippen LogP contribution in [-0.2, 0) is 4.79 Å². The molecule has 0 atom stereocenters. The second-order valence-electron chi connectivity index (χ2n) is 7.17. The van der Waals surface area contributed by atoms with E-state index < -0.39 is 0 Å². The van der Waals surface area contributed by atoms with Crippen LogP contribution in [0.3, 0.4) is 0 Å². The first-order valence-electron chi connectivity index (χ1n) is 9.50. The summed E-state index contributed by atoms with van der Waals surface area (Å²) in [6.07, 6.45) is 0. The molecular weight excluding hydrogens is 364 g/mol. The number of carbonyl (C=O) groups is 1. The number of aromatic nitrogens is 2. The second kappa shape index (κ2) is 8.73. The zero-order valence-corrected chi connectivity index (χ0v) is 17.5. The molecule has 0 spiro atoms. The summed E-state index contributed by atoms with van der Waals surface area (Å²) in [7, 11) is 0. The van der Waals surface area contributed by atoms with E-state index in [1.165, 1.54) is 0 Å². The first-order valence-corrected chi connectivity index (χ1v) is 9.50. The minimum atomic E-state index is -0.217. The largest absolute Gasteiger partial charge is 0.483 e. The van der Waals surface area contributed by atoms with Gasteiger partial charge in [0.2, 0.25) is 5.95 Å². The average Bonchev–Trinajstić information content (AvgIpc) is 2.64. The number of aryl methyl sites for hydroxylation is 4. The first kappa shape index (κ1) is 20.3. The van der Waals surface area contributed by atoms with E-state index in [1.54, 1.807) is 0 Å². The predicted molar refractivity (Wildman–Crippen MR) is 116 cm³/mol. The fourth-order valence-electron chi connectivity index (χ4n) is 3.07. The predicted octanol–water partition coefficient (Wildman–Crippen LogP) is 4.78. The molecule has 0 radical (unpaired) electrons. The van der Waals surface area contributed by atoms with Crippen molar-refractivity contribution in [3.8, 4) is 5.75 Å². The Labute approximate surface area is 171 Å². The van der Waals surface area contributed by atoms with E-state index in [0.29, 0.717) is 11.6 Å². The van der Waals surface area contributed by atoms with Crippen molar-refractivity contribution in [2.45, 2.75) is 34.6 Å². The van der Waals surface area contributed by atoms with Crippen LogP contribution < -0.4 is 15.4 Å². The van der Waals surface area contributed by atoms with Crippen molar-refractivity contribution in [2.24, 2.45) is 0 Å². The molecule has 3 rings (SSSR count). The molecule has 29 heavy (non-hydrogen) atoms. The monoisotopic (exact) mass is 390 g/mol. The third kappa shape index (κ3) is 5.31. The molecule has 1 heterocycles. The Hall–Kier alpha value is -3.41. The number of ether oxygens (including phenoxy) is 1. The lowest BCUT2D eigenvalue weighted by molar-refractivity contribution is -0.118. The summed E-state index contributed by atoms with van der Waals surface area (Å²) in [5.41, 5.74) is 6.45. The lowest BCUT2D eigenvalue weighted by atomic mass is 10.1. The number of hydrogen-bond donors (Lipinski definition) is 2. The maximum Gasteiger partial charge on any atom is 0.262 e. The summed E-state index contributed by atoms with van der Waals surface area (Å²) in [6, 6.07) is 13.4. The molecule has 0 saturated heterocycles. The summed E-state index contributed by atoms with van der Waals surface area (Å²) in [4.78, 5) is 21.1. The van der Waals surface area contributed by atoms with Crippen molar-refractivity contribution in [3.05, 3.63) is 70.5 Å². The van der Waals surface area contributed by atoms with Gasteiger partial charge in [0.1, 0.15) is 5.75 Å². The fraction of sp³-hybridized carbons (Fsp3) is 0.261. The van der Waals surface area contributed by atoms with Crippen molar-refractivity contribution in [1.29, 1.82) is 0 Å². The molecule has 0 aliphatic carbocycles. The fourth-order valence-corrected chi connectivity index (χ4v) is 3.07. The Balaban J connectivity index is 1.64. The topological polar surface area (TPSA) is 76.1 Å². The standard InChI is InChI=1S/C23H26N4O2/c1-14-9-10-15(2)22(18(14)5)29-13-21(28)26-19-7-6-8-20(12-19)27-23-24-16(3)11-17(4)25-23/h6-12H,13H2,1-5H3,(H,26,28)(H,24,25,27). The van der Waals surface area contributed by atoms with Gasteiger partial charge in [0.25, 0.3) is 5.91 Å². The van der Waals surface area contributed by atoms with Gasteiger partial charge in [0, 0.05) is 22.8 Å². The highest BCUT2D eigenvalue weighted by molar-refractivity contribution is 5.92. The van der Waals surface area contributed by atoms with E-state index >= 15 is 0 Å². The Morgan fingerprint density at radius 2 is 1.55 bits per heavy atom. The van der Waals surface area contributed by atoms with Gasteiger partial charge < -0.3 is 15.4 Å². The minimum Gasteiger partial charge on any atom is -0.483 e. The van der Waals surface area contributed by atoms with Crippen molar-refractivity contribution in [1.82, 2.24) is 9.97 Å². The van der Waals surface area contributed by atoms with Crippen molar-refractivity contribution < 1.29 is 9.53 Å². The van der Waals surface area contributed by atoms with Gasteiger partial charge in [0.15, 0.2) is 6.61 Å². The average molecular weight is 390 g/mol. The lowest BCUT2D eigenvalue weighted by Crippen LogP contribution is -2.20. The molecule has 6 heteroatoms. The van der Waals surface area contributed by atoms with Crippen LogP contribution in [0, 0.1) is 34.6 Å². The molecule has 150 valence electrons. The summed E-state index contributed by atoms with van der Waals surface area (Å²) in [6.45, 7) is 9.80. The third-order valence-electron chi connectivity index (χ3n) is 4.61. The molecule has 2 aromatic carbocycles. The zero-order valence-electron chi connectivity index (χ0n) is 17.5. The smallest absolute Gasteiger partial charge is 0.262 e. The third-order valence-corrected chi connectivity index (χ3v) is 4.61. The van der Waals surface area contributed by atoms with E-state index in [-0.39, 0.29) is 12.5 Å². The maximum absolute atomic E-state index is 12.4. The van der Waals surface area contributed by atoms with Crippen LogP contribution >= 0.6 is 0 Å². The van der Waals surface area contributed by atoms with Crippen LogP contribution in [0.1, 0.15) is 28.1 Å². The van der Waals surface area contributed by atoms with E-state index in [0.717, 1.165) is 39.5 Å². The Morgan fingerprint density at radius 1 is 0.897 bits per heavy atom. The van der Waals surface area contributed by atoms with Crippen molar-refractivity contribution in [3.63, 3.8) is 0 Å².